The Balaban J connectivity index is 1.95. The molecule has 0 saturated heterocycles. The summed E-state index contributed by atoms with van der Waals surface area (Å²) < 4.78 is 2.05. The molecule has 0 unspecified atom stereocenters. The van der Waals surface area contributed by atoms with E-state index in [0.29, 0.717) is 36.2 Å². The predicted molar refractivity (Wildman–Crippen MR) is 106 cm³/mol. The van der Waals surface area contributed by atoms with Crippen molar-refractivity contribution < 1.29 is 15.3 Å². The topological polar surface area (TPSA) is 68.9 Å². The van der Waals surface area contributed by atoms with Gasteiger partial charge in [-0.25, -0.2) is 0 Å². The van der Waals surface area contributed by atoms with E-state index in [2.05, 4.69) is 4.57 Å². The van der Waals surface area contributed by atoms with Crippen molar-refractivity contribution >= 4 is 45.0 Å². The first-order chi connectivity index (χ1) is 12.5. The molecule has 26 heavy (non-hydrogen) atoms. The molecule has 0 fully saturated rings. The van der Waals surface area contributed by atoms with Gasteiger partial charge >= 0.3 is 0 Å². The van der Waals surface area contributed by atoms with Crippen molar-refractivity contribution in [3.8, 4) is 0 Å². The van der Waals surface area contributed by atoms with Gasteiger partial charge in [-0.2, -0.15) is 0 Å². The molecule has 0 aliphatic rings. The molecule has 1 atom stereocenters. The van der Waals surface area contributed by atoms with Crippen molar-refractivity contribution in [1.82, 2.24) is 9.47 Å². The summed E-state index contributed by atoms with van der Waals surface area (Å²) in [5.74, 6) is 0. The molecule has 1 heterocycles. The van der Waals surface area contributed by atoms with Crippen LogP contribution in [0.2, 0.25) is 10.0 Å². The van der Waals surface area contributed by atoms with Gasteiger partial charge in [0.1, 0.15) is 0 Å². The number of halogens is 2. The van der Waals surface area contributed by atoms with Crippen LogP contribution in [0.5, 0.6) is 0 Å². The van der Waals surface area contributed by atoms with E-state index < -0.39 is 6.10 Å². The maximum Gasteiger partial charge on any atom is 0.0846 e. The minimum Gasteiger partial charge on any atom is -0.395 e. The summed E-state index contributed by atoms with van der Waals surface area (Å²) in [5.41, 5.74) is 1.95. The van der Waals surface area contributed by atoms with Crippen LogP contribution in [0.4, 0.5) is 0 Å². The fourth-order valence-corrected chi connectivity index (χ4v) is 3.73. The van der Waals surface area contributed by atoms with Crippen LogP contribution in [-0.2, 0) is 6.54 Å². The van der Waals surface area contributed by atoms with Crippen LogP contribution < -0.4 is 0 Å². The number of nitrogens with zero attached hydrogens (tertiary/aromatic N) is 2. The van der Waals surface area contributed by atoms with Gasteiger partial charge in [0.05, 0.1) is 25.9 Å². The summed E-state index contributed by atoms with van der Waals surface area (Å²) in [4.78, 5) is 1.84. The number of fused-ring (bicyclic) bond motifs is 3. The number of aliphatic hydroxyl groups is 3. The fraction of sp³-hybridized carbons (Fsp3) is 0.368. The molecule has 0 radical (unpaired) electrons. The summed E-state index contributed by atoms with van der Waals surface area (Å²) in [6.07, 6.45) is -0.654. The molecule has 1 aromatic heterocycles. The van der Waals surface area contributed by atoms with Crippen molar-refractivity contribution in [2.75, 3.05) is 32.8 Å². The van der Waals surface area contributed by atoms with Gasteiger partial charge in [-0.3, -0.25) is 4.90 Å². The summed E-state index contributed by atoms with van der Waals surface area (Å²) in [6.45, 7) is 1.55. The Morgan fingerprint density at radius 3 is 1.85 bits per heavy atom. The van der Waals surface area contributed by atoms with E-state index in [0.717, 1.165) is 21.8 Å². The largest absolute Gasteiger partial charge is 0.395 e. The third-order valence-corrected chi connectivity index (χ3v) is 4.95. The van der Waals surface area contributed by atoms with Crippen LogP contribution >= 0.6 is 23.2 Å². The van der Waals surface area contributed by atoms with E-state index in [9.17, 15) is 5.11 Å². The Morgan fingerprint density at radius 1 is 0.885 bits per heavy atom. The van der Waals surface area contributed by atoms with E-state index in [1.54, 1.807) is 0 Å². The molecule has 3 N–H and O–H groups in total. The van der Waals surface area contributed by atoms with Crippen LogP contribution in [0.1, 0.15) is 0 Å². The van der Waals surface area contributed by atoms with Gasteiger partial charge in [-0.1, -0.05) is 23.2 Å². The molecule has 0 saturated carbocycles. The molecule has 0 aliphatic heterocycles. The van der Waals surface area contributed by atoms with E-state index in [4.69, 9.17) is 33.4 Å². The first-order valence-electron chi connectivity index (χ1n) is 8.52. The molecule has 5 nitrogen and oxygen atoms in total. The zero-order valence-corrected chi connectivity index (χ0v) is 15.8. The summed E-state index contributed by atoms with van der Waals surface area (Å²) in [7, 11) is 0. The summed E-state index contributed by atoms with van der Waals surface area (Å²) in [5, 5.41) is 32.1. The van der Waals surface area contributed by atoms with E-state index in [1.165, 1.54) is 0 Å². The lowest BCUT2D eigenvalue weighted by Gasteiger charge is -2.24. The molecule has 7 heteroatoms. The fourth-order valence-electron chi connectivity index (χ4n) is 3.39. The summed E-state index contributed by atoms with van der Waals surface area (Å²) in [6, 6.07) is 11.4. The number of benzene rings is 2. The van der Waals surface area contributed by atoms with E-state index in [1.807, 2.05) is 41.3 Å². The Kier molecular flexibility index (Phi) is 6.40. The molecule has 0 bridgehead atoms. The highest BCUT2D eigenvalue weighted by molar-refractivity contribution is 6.33. The Bertz CT molecular complexity index is 832. The van der Waals surface area contributed by atoms with Gasteiger partial charge in [0.25, 0.3) is 0 Å². The maximum atomic E-state index is 10.6. The SMILES string of the molecule is OCCN(CCO)C[C@H](O)Cn1c2ccc(Cl)cc2c2cc(Cl)ccc21. The van der Waals surface area contributed by atoms with Crippen LogP contribution in [-0.4, -0.2) is 63.7 Å². The van der Waals surface area contributed by atoms with Gasteiger partial charge < -0.3 is 19.9 Å². The molecule has 2 aromatic carbocycles. The molecule has 140 valence electrons. The van der Waals surface area contributed by atoms with E-state index >= 15 is 0 Å². The quantitative estimate of drug-likeness (QED) is 0.547. The van der Waals surface area contributed by atoms with Crippen molar-refractivity contribution in [1.29, 1.82) is 0 Å². The first kappa shape index (κ1) is 19.4. The average Bonchev–Trinajstić information content (AvgIpc) is 2.88. The minimum absolute atomic E-state index is 0.0148. The van der Waals surface area contributed by atoms with Gasteiger partial charge in [-0.15, -0.1) is 0 Å². The predicted octanol–water partition coefficient (Wildman–Crippen LogP) is 2.75. The van der Waals surface area contributed by atoms with Gasteiger partial charge in [0.15, 0.2) is 0 Å². The van der Waals surface area contributed by atoms with Gasteiger partial charge in [-0.05, 0) is 36.4 Å². The first-order valence-corrected chi connectivity index (χ1v) is 9.28. The highest BCUT2D eigenvalue weighted by atomic mass is 35.5. The third kappa shape index (κ3) is 4.14. The number of hydrogen-bond donors (Lipinski definition) is 3. The normalized spacial score (nSPS) is 13.2. The lowest BCUT2D eigenvalue weighted by Crippen LogP contribution is -2.38. The van der Waals surface area contributed by atoms with Crippen LogP contribution in [0, 0.1) is 0 Å². The van der Waals surface area contributed by atoms with Crippen molar-refractivity contribution in [3.63, 3.8) is 0 Å². The van der Waals surface area contributed by atoms with Crippen molar-refractivity contribution in [2.24, 2.45) is 0 Å². The highest BCUT2D eigenvalue weighted by Gasteiger charge is 2.16. The zero-order valence-electron chi connectivity index (χ0n) is 14.3. The lowest BCUT2D eigenvalue weighted by molar-refractivity contribution is 0.0787. The second-order valence-electron chi connectivity index (χ2n) is 6.34. The second-order valence-corrected chi connectivity index (χ2v) is 7.21. The molecule has 3 rings (SSSR count). The Morgan fingerprint density at radius 2 is 1.38 bits per heavy atom. The molecular formula is C19H22Cl2N2O3. The van der Waals surface area contributed by atoms with Gasteiger partial charge in [0.2, 0.25) is 0 Å². The minimum atomic E-state index is -0.654. The monoisotopic (exact) mass is 396 g/mol. The molecular weight excluding hydrogens is 375 g/mol. The number of aliphatic hydroxyl groups excluding tert-OH is 3. The van der Waals surface area contributed by atoms with Crippen molar-refractivity contribution in [3.05, 3.63) is 46.4 Å². The molecule has 0 spiro atoms. The Hall–Kier alpha value is -1.34. The van der Waals surface area contributed by atoms with Crippen molar-refractivity contribution in [2.45, 2.75) is 12.6 Å². The van der Waals surface area contributed by atoms with E-state index in [-0.39, 0.29) is 13.2 Å². The highest BCUT2D eigenvalue weighted by Crippen LogP contribution is 2.33. The smallest absolute Gasteiger partial charge is 0.0846 e. The zero-order chi connectivity index (χ0) is 18.7. The van der Waals surface area contributed by atoms with Crippen LogP contribution in [0.25, 0.3) is 21.8 Å². The molecule has 0 amide bonds. The molecule has 3 aromatic rings. The van der Waals surface area contributed by atoms with Gasteiger partial charge in [0, 0.05) is 51.5 Å². The number of aromatic nitrogens is 1. The number of hydrogen-bond acceptors (Lipinski definition) is 4. The second kappa shape index (κ2) is 8.57. The lowest BCUT2D eigenvalue weighted by atomic mass is 10.1. The Labute approximate surface area is 162 Å². The molecule has 0 aliphatic carbocycles. The number of rotatable bonds is 8. The average molecular weight is 397 g/mol. The standard InChI is InChI=1S/C19H22Cl2N2O3/c20-13-1-3-18-16(9-13)17-10-14(21)2-4-19(17)23(18)12-15(26)11-22(5-7-24)6-8-25/h1-4,9-10,15,24-26H,5-8,11-12H2/t15-/m0/s1. The third-order valence-electron chi connectivity index (χ3n) is 4.48. The summed E-state index contributed by atoms with van der Waals surface area (Å²) >= 11 is 12.3. The van der Waals surface area contributed by atoms with Crippen LogP contribution in [0.15, 0.2) is 36.4 Å². The maximum absolute atomic E-state index is 10.6. The van der Waals surface area contributed by atoms with Crippen LogP contribution in [0.3, 0.4) is 0 Å².